The predicted molar refractivity (Wildman–Crippen MR) is 76.3 cm³/mol. The number of hydrogen-bond acceptors (Lipinski definition) is 4. The highest BCUT2D eigenvalue weighted by Crippen LogP contribution is 2.26. The number of phenols is 1. The molecule has 0 saturated carbocycles. The lowest BCUT2D eigenvalue weighted by atomic mass is 10.1. The van der Waals surface area contributed by atoms with Gasteiger partial charge in [0.25, 0.3) is 5.89 Å². The van der Waals surface area contributed by atoms with Crippen molar-refractivity contribution in [1.29, 1.82) is 0 Å². The zero-order chi connectivity index (χ0) is 14.1. The summed E-state index contributed by atoms with van der Waals surface area (Å²) < 4.78 is 5.27. The molecule has 1 heterocycles. The molecule has 3 aromatic rings. The maximum atomic E-state index is 9.73. The molecule has 0 bridgehead atoms. The summed E-state index contributed by atoms with van der Waals surface area (Å²) in [7, 11) is 0. The Morgan fingerprint density at radius 3 is 2.60 bits per heavy atom. The number of phenolic OH excluding ortho intramolecular Hbond substituents is 1. The summed E-state index contributed by atoms with van der Waals surface area (Å²) in [6.07, 6.45) is 0. The molecule has 0 amide bonds. The fraction of sp³-hybridized carbons (Fsp3) is 0.125. The molecule has 0 unspecified atom stereocenters. The van der Waals surface area contributed by atoms with Crippen molar-refractivity contribution in [3.05, 3.63) is 53.6 Å². The Bertz CT molecular complexity index is 763. The van der Waals surface area contributed by atoms with E-state index in [0.717, 1.165) is 16.7 Å². The highest BCUT2D eigenvalue weighted by molar-refractivity contribution is 5.62. The van der Waals surface area contributed by atoms with Gasteiger partial charge in [0.15, 0.2) is 0 Å². The molecule has 3 rings (SSSR count). The van der Waals surface area contributed by atoms with Crippen molar-refractivity contribution in [3.63, 3.8) is 0 Å². The van der Waals surface area contributed by atoms with E-state index in [0.29, 0.717) is 17.3 Å². The first-order valence-corrected chi connectivity index (χ1v) is 6.34. The van der Waals surface area contributed by atoms with Gasteiger partial charge in [0, 0.05) is 11.1 Å². The first-order chi connectivity index (χ1) is 9.63. The van der Waals surface area contributed by atoms with Crippen LogP contribution in [0.1, 0.15) is 11.1 Å². The Balaban J connectivity index is 1.99. The van der Waals surface area contributed by atoms with Crippen LogP contribution in [-0.2, 0) is 0 Å². The van der Waals surface area contributed by atoms with Gasteiger partial charge >= 0.3 is 0 Å². The number of aryl methyl sites for hydroxylation is 2. The lowest BCUT2D eigenvalue weighted by Gasteiger charge is -1.99. The Kier molecular flexibility index (Phi) is 2.99. The third-order valence-electron chi connectivity index (χ3n) is 3.16. The van der Waals surface area contributed by atoms with E-state index in [4.69, 9.17) is 4.52 Å². The van der Waals surface area contributed by atoms with E-state index >= 15 is 0 Å². The van der Waals surface area contributed by atoms with E-state index in [9.17, 15) is 5.11 Å². The highest BCUT2D eigenvalue weighted by atomic mass is 16.5. The van der Waals surface area contributed by atoms with E-state index < -0.39 is 0 Å². The number of aromatic nitrogens is 2. The summed E-state index contributed by atoms with van der Waals surface area (Å²) >= 11 is 0. The Morgan fingerprint density at radius 1 is 1.00 bits per heavy atom. The Morgan fingerprint density at radius 2 is 1.85 bits per heavy atom. The van der Waals surface area contributed by atoms with Crippen molar-refractivity contribution in [3.8, 4) is 28.6 Å². The molecule has 100 valence electrons. The molecule has 4 nitrogen and oxygen atoms in total. The summed E-state index contributed by atoms with van der Waals surface area (Å²) in [6.45, 7) is 3.85. The van der Waals surface area contributed by atoms with Gasteiger partial charge in [-0.2, -0.15) is 4.98 Å². The Hall–Kier alpha value is -2.62. The SMILES string of the molecule is Cc1cccc(-c2noc(-c3ccc(C)c(O)c3)n2)c1. The van der Waals surface area contributed by atoms with Crippen molar-refractivity contribution in [2.45, 2.75) is 13.8 Å². The second-order valence-corrected chi connectivity index (χ2v) is 4.79. The average Bonchev–Trinajstić information content (AvgIpc) is 2.92. The van der Waals surface area contributed by atoms with Crippen LogP contribution in [0.5, 0.6) is 5.75 Å². The third-order valence-corrected chi connectivity index (χ3v) is 3.16. The van der Waals surface area contributed by atoms with Crippen LogP contribution >= 0.6 is 0 Å². The van der Waals surface area contributed by atoms with Crippen molar-refractivity contribution < 1.29 is 9.63 Å². The zero-order valence-electron chi connectivity index (χ0n) is 11.3. The molecule has 0 aliphatic heterocycles. The predicted octanol–water partition coefficient (Wildman–Crippen LogP) is 3.73. The topological polar surface area (TPSA) is 59.2 Å². The standard InChI is InChI=1S/C16H14N2O2/c1-10-4-3-5-12(8-10)15-17-16(20-18-15)13-7-6-11(2)14(19)9-13/h3-9,19H,1-2H3. The van der Waals surface area contributed by atoms with Gasteiger partial charge in [-0.15, -0.1) is 0 Å². The Labute approximate surface area is 116 Å². The van der Waals surface area contributed by atoms with E-state index in [1.165, 1.54) is 0 Å². The van der Waals surface area contributed by atoms with E-state index in [-0.39, 0.29) is 5.75 Å². The van der Waals surface area contributed by atoms with Crippen molar-refractivity contribution >= 4 is 0 Å². The van der Waals surface area contributed by atoms with E-state index in [1.54, 1.807) is 6.07 Å². The number of rotatable bonds is 2. The maximum Gasteiger partial charge on any atom is 0.258 e. The quantitative estimate of drug-likeness (QED) is 0.767. The molecule has 1 aromatic heterocycles. The molecule has 0 aliphatic carbocycles. The minimum atomic E-state index is 0.220. The minimum Gasteiger partial charge on any atom is -0.508 e. The van der Waals surface area contributed by atoms with Crippen molar-refractivity contribution in [2.24, 2.45) is 0 Å². The molecule has 2 aromatic carbocycles. The molecule has 0 aliphatic rings. The van der Waals surface area contributed by atoms with Crippen LogP contribution in [0.4, 0.5) is 0 Å². The highest BCUT2D eigenvalue weighted by Gasteiger charge is 2.11. The summed E-state index contributed by atoms with van der Waals surface area (Å²) in [6, 6.07) is 13.2. The minimum absolute atomic E-state index is 0.220. The molecule has 0 atom stereocenters. The van der Waals surface area contributed by atoms with Gasteiger partial charge in [0.05, 0.1) is 0 Å². The maximum absolute atomic E-state index is 9.73. The van der Waals surface area contributed by atoms with Gasteiger partial charge in [0.2, 0.25) is 5.82 Å². The van der Waals surface area contributed by atoms with E-state index in [2.05, 4.69) is 10.1 Å². The molecule has 1 N–H and O–H groups in total. The largest absolute Gasteiger partial charge is 0.508 e. The number of aromatic hydroxyl groups is 1. The van der Waals surface area contributed by atoms with Gasteiger partial charge in [0.1, 0.15) is 5.75 Å². The molecular weight excluding hydrogens is 252 g/mol. The first kappa shape index (κ1) is 12.4. The van der Waals surface area contributed by atoms with Gasteiger partial charge in [-0.1, -0.05) is 35.0 Å². The van der Waals surface area contributed by atoms with Gasteiger partial charge in [-0.05, 0) is 37.6 Å². The van der Waals surface area contributed by atoms with Crippen LogP contribution in [0.2, 0.25) is 0 Å². The molecule has 0 saturated heterocycles. The van der Waals surface area contributed by atoms with Crippen LogP contribution < -0.4 is 0 Å². The fourth-order valence-corrected chi connectivity index (χ4v) is 1.98. The first-order valence-electron chi connectivity index (χ1n) is 6.34. The lowest BCUT2D eigenvalue weighted by molar-refractivity contribution is 0.431. The fourth-order valence-electron chi connectivity index (χ4n) is 1.98. The van der Waals surface area contributed by atoms with Crippen LogP contribution in [-0.4, -0.2) is 15.2 Å². The van der Waals surface area contributed by atoms with Gasteiger partial charge < -0.3 is 9.63 Å². The van der Waals surface area contributed by atoms with Gasteiger partial charge in [-0.25, -0.2) is 0 Å². The summed E-state index contributed by atoms with van der Waals surface area (Å²) in [5, 5.41) is 13.7. The van der Waals surface area contributed by atoms with Crippen LogP contribution in [0, 0.1) is 13.8 Å². The summed E-state index contributed by atoms with van der Waals surface area (Å²) in [4.78, 5) is 4.37. The van der Waals surface area contributed by atoms with Crippen molar-refractivity contribution in [2.75, 3.05) is 0 Å². The molecule has 0 spiro atoms. The molecule has 0 radical (unpaired) electrons. The van der Waals surface area contributed by atoms with Gasteiger partial charge in [-0.3, -0.25) is 0 Å². The number of benzene rings is 2. The summed E-state index contributed by atoms with van der Waals surface area (Å²) in [5.74, 6) is 1.17. The molecule has 20 heavy (non-hydrogen) atoms. The van der Waals surface area contributed by atoms with E-state index in [1.807, 2.05) is 50.2 Å². The molecule has 0 fully saturated rings. The smallest absolute Gasteiger partial charge is 0.258 e. The van der Waals surface area contributed by atoms with Crippen molar-refractivity contribution in [1.82, 2.24) is 10.1 Å². The van der Waals surface area contributed by atoms with Crippen LogP contribution in [0.3, 0.4) is 0 Å². The van der Waals surface area contributed by atoms with Crippen LogP contribution in [0.25, 0.3) is 22.8 Å². The average molecular weight is 266 g/mol. The second kappa shape index (κ2) is 4.81. The summed E-state index contributed by atoms with van der Waals surface area (Å²) in [5.41, 5.74) is 3.57. The third kappa shape index (κ3) is 2.28. The monoisotopic (exact) mass is 266 g/mol. The van der Waals surface area contributed by atoms with Crippen LogP contribution in [0.15, 0.2) is 47.0 Å². The number of nitrogens with zero attached hydrogens (tertiary/aromatic N) is 2. The normalized spacial score (nSPS) is 10.7. The number of hydrogen-bond donors (Lipinski definition) is 1. The lowest BCUT2D eigenvalue weighted by Crippen LogP contribution is -1.83. The second-order valence-electron chi connectivity index (χ2n) is 4.79. The molecular formula is C16H14N2O2. The molecule has 4 heteroatoms. The zero-order valence-corrected chi connectivity index (χ0v) is 11.3.